The molecule has 1 atom stereocenters. The molecule has 1 aliphatic rings. The highest BCUT2D eigenvalue weighted by atomic mass is 32.2. The fraction of sp³-hybridized carbons (Fsp3) is 0.235. The molecule has 0 unspecified atom stereocenters. The van der Waals surface area contributed by atoms with Crippen LogP contribution in [0.3, 0.4) is 0 Å². The molecule has 27 heavy (non-hydrogen) atoms. The summed E-state index contributed by atoms with van der Waals surface area (Å²) in [5.74, 6) is -3.90. The molecule has 1 saturated heterocycles. The molecular weight excluding hydrogens is 392 g/mol. The Morgan fingerprint density at radius 1 is 1.26 bits per heavy atom. The van der Waals surface area contributed by atoms with Crippen LogP contribution in [0, 0.1) is 0 Å². The number of hydrogen-bond donors (Lipinski definition) is 1. The molecule has 0 spiro atoms. The Hall–Kier alpha value is -2.72. The first-order chi connectivity index (χ1) is 12.7. The second-order valence-electron chi connectivity index (χ2n) is 5.62. The molecule has 1 aromatic rings. The summed E-state index contributed by atoms with van der Waals surface area (Å²) in [6.07, 6.45) is 0.773. The molecule has 1 heterocycles. The highest BCUT2D eigenvalue weighted by Gasteiger charge is 2.28. The second kappa shape index (κ2) is 8.78. The van der Waals surface area contributed by atoms with Crippen LogP contribution in [0.5, 0.6) is 0 Å². The van der Waals surface area contributed by atoms with Crippen LogP contribution in [0.15, 0.2) is 29.2 Å². The lowest BCUT2D eigenvalue weighted by Crippen LogP contribution is -2.48. The summed E-state index contributed by atoms with van der Waals surface area (Å²) in [6, 6.07) is 4.65. The predicted molar refractivity (Wildman–Crippen MR) is 97.9 cm³/mol. The van der Waals surface area contributed by atoms with Crippen molar-refractivity contribution in [2.45, 2.75) is 18.9 Å². The number of nitrogens with zero attached hydrogens (tertiary/aromatic N) is 1. The molecule has 0 aromatic heterocycles. The Morgan fingerprint density at radius 2 is 1.89 bits per heavy atom. The summed E-state index contributed by atoms with van der Waals surface area (Å²) < 4.78 is 0.451. The third kappa shape index (κ3) is 5.38. The topological polar surface area (TPSA) is 130 Å². The zero-order valence-electron chi connectivity index (χ0n) is 14.1. The number of carboxylic acids is 2. The maximum atomic E-state index is 12.1. The van der Waals surface area contributed by atoms with Crippen molar-refractivity contribution in [1.29, 1.82) is 0 Å². The number of thiocarbonyl (C=S) groups is 1. The van der Waals surface area contributed by atoms with Crippen molar-refractivity contribution in [3.63, 3.8) is 0 Å². The summed E-state index contributed by atoms with van der Waals surface area (Å²) in [5, 5.41) is 23.7. The number of amides is 2. The number of rotatable bonds is 7. The molecule has 2 rings (SSSR count). The molecule has 1 fully saturated rings. The van der Waals surface area contributed by atoms with Crippen molar-refractivity contribution in [2.24, 2.45) is 0 Å². The van der Waals surface area contributed by atoms with Gasteiger partial charge in [0.05, 0.1) is 16.9 Å². The fourth-order valence-corrected chi connectivity index (χ4v) is 3.36. The van der Waals surface area contributed by atoms with E-state index in [2.05, 4.69) is 5.32 Å². The first kappa shape index (κ1) is 20.6. The highest BCUT2D eigenvalue weighted by Crippen LogP contribution is 2.31. The van der Waals surface area contributed by atoms with E-state index in [1.807, 2.05) is 0 Å². The first-order valence-electron chi connectivity index (χ1n) is 7.72. The molecule has 0 saturated carbocycles. The number of benzene rings is 1. The zero-order valence-corrected chi connectivity index (χ0v) is 15.7. The summed E-state index contributed by atoms with van der Waals surface area (Å²) in [6.45, 7) is 0. The lowest BCUT2D eigenvalue weighted by atomic mass is 10.1. The number of hydrogen-bond acceptors (Lipinski definition) is 8. The quantitative estimate of drug-likeness (QED) is 0.446. The molecule has 142 valence electrons. The Balaban J connectivity index is 2.06. The van der Waals surface area contributed by atoms with Gasteiger partial charge in [-0.15, -0.1) is 0 Å². The largest absolute Gasteiger partial charge is 0.550 e. The van der Waals surface area contributed by atoms with E-state index in [0.717, 1.165) is 0 Å². The van der Waals surface area contributed by atoms with Crippen molar-refractivity contribution in [1.82, 2.24) is 10.2 Å². The molecule has 8 nitrogen and oxygen atoms in total. The van der Waals surface area contributed by atoms with Gasteiger partial charge in [0.25, 0.3) is 11.8 Å². The number of nitrogens with one attached hydrogen (secondary N) is 1. The van der Waals surface area contributed by atoms with E-state index in [-0.39, 0.29) is 17.9 Å². The van der Waals surface area contributed by atoms with Gasteiger partial charge in [-0.3, -0.25) is 14.5 Å². The number of carbonyl (C=O) groups excluding carboxylic acids is 4. The number of aliphatic carboxylic acids is 2. The molecular formula is C17H14N2O6S2-2. The molecule has 1 N–H and O–H groups in total. The van der Waals surface area contributed by atoms with Gasteiger partial charge in [-0.2, -0.15) is 0 Å². The maximum Gasteiger partial charge on any atom is 0.265 e. The number of carbonyl (C=O) groups is 4. The van der Waals surface area contributed by atoms with Gasteiger partial charge in [-0.05, 0) is 36.6 Å². The third-order valence-electron chi connectivity index (χ3n) is 3.68. The Kier molecular flexibility index (Phi) is 6.70. The average Bonchev–Trinajstić information content (AvgIpc) is 2.85. The summed E-state index contributed by atoms with van der Waals surface area (Å²) in [7, 11) is 1.58. The number of thioether (sulfide) groups is 1. The van der Waals surface area contributed by atoms with E-state index in [9.17, 15) is 29.4 Å². The van der Waals surface area contributed by atoms with E-state index in [1.165, 1.54) is 28.8 Å². The van der Waals surface area contributed by atoms with Crippen LogP contribution >= 0.6 is 24.0 Å². The van der Waals surface area contributed by atoms with Crippen molar-refractivity contribution >= 4 is 58.1 Å². The van der Waals surface area contributed by atoms with Crippen LogP contribution in [-0.4, -0.2) is 46.1 Å². The van der Waals surface area contributed by atoms with Gasteiger partial charge in [-0.25, -0.2) is 0 Å². The van der Waals surface area contributed by atoms with Crippen molar-refractivity contribution < 1.29 is 29.4 Å². The van der Waals surface area contributed by atoms with Gasteiger partial charge >= 0.3 is 0 Å². The maximum absolute atomic E-state index is 12.1. The Morgan fingerprint density at radius 3 is 2.37 bits per heavy atom. The van der Waals surface area contributed by atoms with Gasteiger partial charge in [-0.1, -0.05) is 36.1 Å². The lowest BCUT2D eigenvalue weighted by Gasteiger charge is -2.20. The molecule has 2 amide bonds. The van der Waals surface area contributed by atoms with E-state index < -0.39 is 30.3 Å². The molecule has 1 aliphatic heterocycles. The van der Waals surface area contributed by atoms with Crippen LogP contribution in [0.1, 0.15) is 28.8 Å². The molecule has 0 radical (unpaired) electrons. The Bertz CT molecular complexity index is 834. The average molecular weight is 406 g/mol. The summed E-state index contributed by atoms with van der Waals surface area (Å²) in [4.78, 5) is 47.4. The summed E-state index contributed by atoms with van der Waals surface area (Å²) in [5.41, 5.74) is 0.837. The lowest BCUT2D eigenvalue weighted by molar-refractivity contribution is -0.309. The zero-order chi connectivity index (χ0) is 20.1. The van der Waals surface area contributed by atoms with Gasteiger partial charge in [0.1, 0.15) is 4.32 Å². The van der Waals surface area contributed by atoms with E-state index >= 15 is 0 Å². The third-order valence-corrected chi connectivity index (χ3v) is 5.17. The van der Waals surface area contributed by atoms with Crippen LogP contribution in [0.25, 0.3) is 6.08 Å². The van der Waals surface area contributed by atoms with Crippen molar-refractivity contribution in [2.75, 3.05) is 7.05 Å². The molecule has 10 heteroatoms. The Labute approximate surface area is 164 Å². The van der Waals surface area contributed by atoms with Gasteiger partial charge in [0, 0.05) is 18.6 Å². The first-order valence-corrected chi connectivity index (χ1v) is 8.94. The van der Waals surface area contributed by atoms with Crippen LogP contribution in [0.2, 0.25) is 0 Å². The normalized spacial score (nSPS) is 16.5. The highest BCUT2D eigenvalue weighted by molar-refractivity contribution is 8.26. The predicted octanol–water partition coefficient (Wildman–Crippen LogP) is -1.10. The van der Waals surface area contributed by atoms with Crippen molar-refractivity contribution in [3.05, 3.63) is 40.3 Å². The van der Waals surface area contributed by atoms with E-state index in [1.54, 1.807) is 25.3 Å². The van der Waals surface area contributed by atoms with Crippen LogP contribution in [0.4, 0.5) is 0 Å². The minimum Gasteiger partial charge on any atom is -0.550 e. The summed E-state index contributed by atoms with van der Waals surface area (Å²) >= 11 is 6.22. The minimum atomic E-state index is -1.58. The van der Waals surface area contributed by atoms with Crippen LogP contribution in [-0.2, 0) is 14.4 Å². The SMILES string of the molecule is CN1C(=O)/C(=C\c2ccc(C(=O)N[C@@H](CCC(=O)[O-])C(=O)[O-])cc2)SC1=S. The second-order valence-corrected chi connectivity index (χ2v) is 7.29. The van der Waals surface area contributed by atoms with Gasteiger partial charge in [0.15, 0.2) is 0 Å². The van der Waals surface area contributed by atoms with E-state index in [4.69, 9.17) is 12.2 Å². The van der Waals surface area contributed by atoms with Crippen molar-refractivity contribution in [3.8, 4) is 0 Å². The molecule has 1 aromatic carbocycles. The number of carboxylic acid groups (broad SMARTS) is 2. The molecule has 0 bridgehead atoms. The molecule has 0 aliphatic carbocycles. The monoisotopic (exact) mass is 406 g/mol. The van der Waals surface area contributed by atoms with E-state index in [0.29, 0.717) is 14.8 Å². The van der Waals surface area contributed by atoms with Gasteiger partial charge in [0.2, 0.25) is 0 Å². The van der Waals surface area contributed by atoms with Crippen LogP contribution < -0.4 is 15.5 Å². The van der Waals surface area contributed by atoms with Gasteiger partial charge < -0.3 is 25.1 Å². The fourth-order valence-electron chi connectivity index (χ4n) is 2.18. The standard InChI is InChI=1S/C17H16N2O6S2/c1-19-15(23)12(27-17(19)26)8-9-2-4-10(5-3-9)14(22)18-11(16(24)25)6-7-13(20)21/h2-5,8,11H,6-7H2,1H3,(H,18,22)(H,20,21)(H,24,25)/p-2/b12-8+/t11-/m0/s1. The minimum absolute atomic E-state index is 0.176. The number of likely N-dealkylation sites (N-methyl/N-ethyl adjacent to an activating group) is 1. The smallest absolute Gasteiger partial charge is 0.265 e.